The van der Waals surface area contributed by atoms with E-state index in [1.807, 2.05) is 0 Å². The summed E-state index contributed by atoms with van der Waals surface area (Å²) in [7, 11) is 0. The van der Waals surface area contributed by atoms with Gasteiger partial charge in [-0.05, 0) is 38.8 Å². The molecule has 27 heavy (non-hydrogen) atoms. The number of nitrogens with one attached hydrogen (secondary N) is 2. The molecule has 4 N–H and O–H groups in total. The zero-order chi connectivity index (χ0) is 19.5. The molecule has 0 spiro atoms. The van der Waals surface area contributed by atoms with E-state index in [0.717, 1.165) is 25.7 Å². The lowest BCUT2D eigenvalue weighted by Crippen LogP contribution is -2.53. The number of nitrogens with zero attached hydrogens (tertiary/aromatic N) is 2. The third kappa shape index (κ3) is 8.90. The van der Waals surface area contributed by atoms with E-state index in [-0.39, 0.29) is 5.91 Å². The number of carboxylic acid groups (broad SMARTS) is 2. The highest BCUT2D eigenvalue weighted by molar-refractivity contribution is 5.76. The molecule has 0 aromatic rings. The summed E-state index contributed by atoms with van der Waals surface area (Å²) in [5.74, 6) is 0.262. The molecule has 1 amide bonds. The van der Waals surface area contributed by atoms with E-state index >= 15 is 0 Å². The van der Waals surface area contributed by atoms with E-state index in [0.29, 0.717) is 12.5 Å². The van der Waals surface area contributed by atoms with Gasteiger partial charge in [-0.3, -0.25) is 9.69 Å². The Bertz CT molecular complexity index is 439. The molecule has 3 fully saturated rings. The van der Waals surface area contributed by atoms with Gasteiger partial charge in [-0.25, -0.2) is 4.79 Å². The molecule has 0 aromatic carbocycles. The number of carbonyl (C=O) groups excluding carboxylic acids is 1. The van der Waals surface area contributed by atoms with Gasteiger partial charge in [0, 0.05) is 51.2 Å². The van der Waals surface area contributed by atoms with Crippen molar-refractivity contribution in [3.05, 3.63) is 0 Å². The van der Waals surface area contributed by atoms with Gasteiger partial charge >= 0.3 is 6.16 Å². The molecular weight excluding hydrogens is 348 g/mol. The largest absolute Gasteiger partial charge is 0.503 e. The molecule has 0 aromatic heterocycles. The van der Waals surface area contributed by atoms with Crippen molar-refractivity contribution in [2.45, 2.75) is 63.5 Å². The van der Waals surface area contributed by atoms with Crippen molar-refractivity contribution in [3.63, 3.8) is 0 Å². The lowest BCUT2D eigenvalue weighted by atomic mass is 9.95. The Morgan fingerprint density at radius 1 is 0.926 bits per heavy atom. The molecule has 1 aliphatic carbocycles. The lowest BCUT2D eigenvalue weighted by Gasteiger charge is -2.40. The lowest BCUT2D eigenvalue weighted by molar-refractivity contribution is -0.122. The summed E-state index contributed by atoms with van der Waals surface area (Å²) in [4.78, 5) is 25.8. The van der Waals surface area contributed by atoms with Crippen LogP contribution in [-0.4, -0.2) is 90.0 Å². The number of carbonyl (C=O) groups is 2. The predicted molar refractivity (Wildman–Crippen MR) is 104 cm³/mol. The molecule has 3 rings (SSSR count). The third-order valence-electron chi connectivity index (χ3n) is 5.86. The minimum atomic E-state index is -1.83. The molecule has 156 valence electrons. The van der Waals surface area contributed by atoms with E-state index in [4.69, 9.17) is 15.0 Å². The van der Waals surface area contributed by atoms with Crippen molar-refractivity contribution in [2.24, 2.45) is 0 Å². The third-order valence-corrected chi connectivity index (χ3v) is 5.86. The first kappa shape index (κ1) is 21.9. The maximum atomic E-state index is 12.1. The van der Waals surface area contributed by atoms with Crippen molar-refractivity contribution in [2.75, 3.05) is 45.8 Å². The van der Waals surface area contributed by atoms with Crippen LogP contribution in [0.4, 0.5) is 4.79 Å². The second kappa shape index (κ2) is 12.2. The zero-order valence-corrected chi connectivity index (χ0v) is 16.4. The van der Waals surface area contributed by atoms with Crippen LogP contribution in [0.3, 0.4) is 0 Å². The molecule has 3 aliphatic rings. The van der Waals surface area contributed by atoms with Crippen LogP contribution in [-0.2, 0) is 4.79 Å². The molecule has 0 bridgehead atoms. The quantitative estimate of drug-likeness (QED) is 0.568. The minimum absolute atomic E-state index is 0.262. The van der Waals surface area contributed by atoms with Crippen molar-refractivity contribution >= 4 is 12.1 Å². The summed E-state index contributed by atoms with van der Waals surface area (Å²) >= 11 is 0. The van der Waals surface area contributed by atoms with Crippen molar-refractivity contribution in [1.29, 1.82) is 0 Å². The average Bonchev–Trinajstić information content (AvgIpc) is 2.68. The Hall–Kier alpha value is -1.38. The van der Waals surface area contributed by atoms with Crippen LogP contribution in [0.5, 0.6) is 0 Å². The molecular formula is C19H36N4O4. The van der Waals surface area contributed by atoms with Gasteiger partial charge in [-0.1, -0.05) is 19.3 Å². The van der Waals surface area contributed by atoms with Crippen LogP contribution >= 0.6 is 0 Å². The predicted octanol–water partition coefficient (Wildman–Crippen LogP) is 1.42. The first-order chi connectivity index (χ1) is 13.0. The van der Waals surface area contributed by atoms with Gasteiger partial charge in [-0.2, -0.15) is 0 Å². The van der Waals surface area contributed by atoms with Crippen LogP contribution < -0.4 is 10.6 Å². The van der Waals surface area contributed by atoms with Crippen LogP contribution in [0.2, 0.25) is 0 Å². The number of rotatable bonds is 5. The summed E-state index contributed by atoms with van der Waals surface area (Å²) in [6.45, 7) is 7.88. The Balaban J connectivity index is 0.000000596. The SMILES string of the molecule is O=C(CCN1CCN(C2CCNCC2)CC1)NC1CCCCC1.O=C(O)O. The highest BCUT2D eigenvalue weighted by atomic mass is 16.6. The number of amides is 1. The summed E-state index contributed by atoms with van der Waals surface area (Å²) in [6.07, 6.45) is 7.69. The van der Waals surface area contributed by atoms with Crippen LogP contribution in [0, 0.1) is 0 Å². The Kier molecular flexibility index (Phi) is 9.86. The second-order valence-corrected chi connectivity index (χ2v) is 7.79. The van der Waals surface area contributed by atoms with Crippen molar-refractivity contribution in [3.8, 4) is 0 Å². The summed E-state index contributed by atoms with van der Waals surface area (Å²) in [5, 5.41) is 20.6. The molecule has 2 heterocycles. The van der Waals surface area contributed by atoms with Crippen molar-refractivity contribution in [1.82, 2.24) is 20.4 Å². The fourth-order valence-corrected chi connectivity index (χ4v) is 4.33. The fraction of sp³-hybridized carbons (Fsp3) is 0.895. The van der Waals surface area contributed by atoms with E-state index < -0.39 is 6.16 Å². The van der Waals surface area contributed by atoms with Gasteiger partial charge in [0.05, 0.1) is 0 Å². The summed E-state index contributed by atoms with van der Waals surface area (Å²) in [5.41, 5.74) is 0. The van der Waals surface area contributed by atoms with E-state index in [9.17, 15) is 4.79 Å². The van der Waals surface area contributed by atoms with E-state index in [2.05, 4.69) is 20.4 Å². The second-order valence-electron chi connectivity index (χ2n) is 7.79. The first-order valence-electron chi connectivity index (χ1n) is 10.4. The molecule has 1 saturated carbocycles. The van der Waals surface area contributed by atoms with Gasteiger partial charge in [0.25, 0.3) is 0 Å². The van der Waals surface area contributed by atoms with Gasteiger partial charge in [0.15, 0.2) is 0 Å². The molecule has 0 atom stereocenters. The molecule has 8 nitrogen and oxygen atoms in total. The molecule has 2 saturated heterocycles. The van der Waals surface area contributed by atoms with Gasteiger partial charge in [0.2, 0.25) is 5.91 Å². The van der Waals surface area contributed by atoms with E-state index in [1.54, 1.807) is 0 Å². The maximum absolute atomic E-state index is 12.1. The Morgan fingerprint density at radius 3 is 2.11 bits per heavy atom. The van der Waals surface area contributed by atoms with Gasteiger partial charge in [0.1, 0.15) is 0 Å². The Labute approximate surface area is 162 Å². The number of piperazine rings is 1. The standard InChI is InChI=1S/C18H34N4O.CH2O3/c23-18(20-16-4-2-1-3-5-16)8-11-21-12-14-22(15-13-21)17-6-9-19-10-7-17;2-1(3)4/h16-17,19H,1-15H2,(H,20,23);(H2,2,3,4). The summed E-state index contributed by atoms with van der Waals surface area (Å²) < 4.78 is 0. The van der Waals surface area contributed by atoms with Gasteiger partial charge in [-0.15, -0.1) is 0 Å². The monoisotopic (exact) mass is 384 g/mol. The molecule has 0 radical (unpaired) electrons. The van der Waals surface area contributed by atoms with Crippen LogP contribution in [0.15, 0.2) is 0 Å². The average molecular weight is 385 g/mol. The first-order valence-corrected chi connectivity index (χ1v) is 10.4. The zero-order valence-electron chi connectivity index (χ0n) is 16.4. The van der Waals surface area contributed by atoms with Crippen LogP contribution in [0.1, 0.15) is 51.4 Å². The maximum Gasteiger partial charge on any atom is 0.503 e. The highest BCUT2D eigenvalue weighted by Gasteiger charge is 2.25. The number of hydrogen-bond acceptors (Lipinski definition) is 5. The molecule has 8 heteroatoms. The molecule has 0 unspecified atom stereocenters. The highest BCUT2D eigenvalue weighted by Crippen LogP contribution is 2.17. The van der Waals surface area contributed by atoms with Crippen LogP contribution in [0.25, 0.3) is 0 Å². The van der Waals surface area contributed by atoms with Crippen molar-refractivity contribution < 1.29 is 19.8 Å². The normalized spacial score (nSPS) is 23.3. The topological polar surface area (TPSA) is 105 Å². The minimum Gasteiger partial charge on any atom is -0.450 e. The Morgan fingerprint density at radius 2 is 1.52 bits per heavy atom. The van der Waals surface area contributed by atoms with E-state index in [1.165, 1.54) is 71.1 Å². The smallest absolute Gasteiger partial charge is 0.450 e. The number of piperidine rings is 1. The number of hydrogen-bond donors (Lipinski definition) is 4. The fourth-order valence-electron chi connectivity index (χ4n) is 4.33. The molecule has 2 aliphatic heterocycles. The van der Waals surface area contributed by atoms with Gasteiger partial charge < -0.3 is 25.7 Å². The summed E-state index contributed by atoms with van der Waals surface area (Å²) in [6, 6.07) is 1.24.